The molecule has 1 aromatic rings. The maximum atomic E-state index is 12.9. The second kappa shape index (κ2) is 6.47. The van der Waals surface area contributed by atoms with E-state index < -0.39 is 15.4 Å². The van der Waals surface area contributed by atoms with Gasteiger partial charge in [-0.3, -0.25) is 0 Å². The molecule has 0 aromatic heterocycles. The standard InChI is InChI=1S/C15H22BrNO4S/c1-4-6-15(5-2)10-22(19,20)14-8-13(21-3)12(16)7-11(14)9-17(15)18/h7-8,18H,4-6,9-10H2,1-3H3/t15-/m1/s1. The lowest BCUT2D eigenvalue weighted by atomic mass is 9.92. The van der Waals surface area contributed by atoms with Crippen molar-refractivity contribution in [3.63, 3.8) is 0 Å². The van der Waals surface area contributed by atoms with Crippen LogP contribution in [0.3, 0.4) is 0 Å². The quantitative estimate of drug-likeness (QED) is 0.851. The van der Waals surface area contributed by atoms with Crippen molar-refractivity contribution in [3.8, 4) is 5.75 Å². The molecule has 22 heavy (non-hydrogen) atoms. The van der Waals surface area contributed by atoms with Gasteiger partial charge in [0.15, 0.2) is 9.84 Å². The van der Waals surface area contributed by atoms with Crippen LogP contribution < -0.4 is 4.74 Å². The zero-order valence-corrected chi connectivity index (χ0v) is 15.5. The van der Waals surface area contributed by atoms with Crippen LogP contribution in [0.4, 0.5) is 0 Å². The molecule has 1 atom stereocenters. The minimum Gasteiger partial charge on any atom is -0.496 e. The van der Waals surface area contributed by atoms with Gasteiger partial charge in [-0.05, 0) is 40.4 Å². The van der Waals surface area contributed by atoms with Gasteiger partial charge < -0.3 is 9.94 Å². The van der Waals surface area contributed by atoms with Gasteiger partial charge in [-0.25, -0.2) is 8.42 Å². The minimum absolute atomic E-state index is 0.0847. The SMILES string of the molecule is CCC[C@]1(CC)CS(=O)(=O)c2cc(OC)c(Br)cc2CN1O. The second-order valence-corrected chi connectivity index (χ2v) is 8.55. The first-order valence-corrected chi connectivity index (χ1v) is 9.80. The van der Waals surface area contributed by atoms with Crippen molar-refractivity contribution in [1.82, 2.24) is 5.06 Å². The summed E-state index contributed by atoms with van der Waals surface area (Å²) in [5.41, 5.74) is -0.159. The third kappa shape index (κ3) is 3.04. The van der Waals surface area contributed by atoms with E-state index in [9.17, 15) is 13.6 Å². The largest absolute Gasteiger partial charge is 0.496 e. The third-order valence-electron chi connectivity index (χ3n) is 4.37. The van der Waals surface area contributed by atoms with Crippen molar-refractivity contribution < 1.29 is 18.4 Å². The zero-order valence-electron chi connectivity index (χ0n) is 13.1. The second-order valence-electron chi connectivity index (χ2n) is 5.74. The highest BCUT2D eigenvalue weighted by Crippen LogP contribution is 2.38. The molecule has 1 heterocycles. The highest BCUT2D eigenvalue weighted by Gasteiger charge is 2.43. The molecule has 1 N–H and O–H groups in total. The zero-order chi connectivity index (χ0) is 16.5. The van der Waals surface area contributed by atoms with Crippen LogP contribution in [0.2, 0.25) is 0 Å². The minimum atomic E-state index is -3.51. The van der Waals surface area contributed by atoms with E-state index >= 15 is 0 Å². The predicted molar refractivity (Wildman–Crippen MR) is 88.0 cm³/mol. The lowest BCUT2D eigenvalue weighted by molar-refractivity contribution is -0.178. The maximum absolute atomic E-state index is 12.9. The molecule has 0 unspecified atom stereocenters. The molecule has 0 saturated carbocycles. The van der Waals surface area contributed by atoms with E-state index in [1.807, 2.05) is 13.8 Å². The average Bonchev–Trinajstić information content (AvgIpc) is 2.53. The van der Waals surface area contributed by atoms with Gasteiger partial charge in [-0.15, -0.1) is 0 Å². The van der Waals surface area contributed by atoms with Crippen molar-refractivity contribution >= 4 is 25.8 Å². The average molecular weight is 392 g/mol. The van der Waals surface area contributed by atoms with Gasteiger partial charge in [0.25, 0.3) is 0 Å². The van der Waals surface area contributed by atoms with Crippen LogP contribution >= 0.6 is 15.9 Å². The molecule has 7 heteroatoms. The Morgan fingerprint density at radius 1 is 1.41 bits per heavy atom. The van der Waals surface area contributed by atoms with Crippen LogP contribution in [-0.2, 0) is 16.4 Å². The molecule has 1 aromatic carbocycles. The Balaban J connectivity index is 2.62. The molecule has 0 saturated heterocycles. The van der Waals surface area contributed by atoms with Crippen LogP contribution in [0.15, 0.2) is 21.5 Å². The smallest absolute Gasteiger partial charge is 0.180 e. The van der Waals surface area contributed by atoms with Gasteiger partial charge in [0.1, 0.15) is 5.75 Å². The van der Waals surface area contributed by atoms with Gasteiger partial charge in [0.2, 0.25) is 0 Å². The van der Waals surface area contributed by atoms with E-state index in [1.165, 1.54) is 12.2 Å². The molecule has 1 aliphatic heterocycles. The van der Waals surface area contributed by atoms with Crippen molar-refractivity contribution in [2.24, 2.45) is 0 Å². The van der Waals surface area contributed by atoms with Crippen molar-refractivity contribution in [2.45, 2.75) is 50.1 Å². The van der Waals surface area contributed by atoms with Crippen LogP contribution in [0.5, 0.6) is 5.75 Å². The molecular weight excluding hydrogens is 370 g/mol. The Morgan fingerprint density at radius 2 is 2.09 bits per heavy atom. The first-order chi connectivity index (χ1) is 10.3. The number of rotatable bonds is 4. The number of sulfone groups is 1. The topological polar surface area (TPSA) is 66.8 Å². The third-order valence-corrected chi connectivity index (χ3v) is 6.96. The molecule has 0 bridgehead atoms. The summed E-state index contributed by atoms with van der Waals surface area (Å²) in [5.74, 6) is 0.393. The number of nitrogens with zero attached hydrogens (tertiary/aromatic N) is 1. The van der Waals surface area contributed by atoms with Gasteiger partial charge in [0, 0.05) is 6.07 Å². The lowest BCUT2D eigenvalue weighted by Gasteiger charge is -2.37. The molecule has 0 aliphatic carbocycles. The van der Waals surface area contributed by atoms with Gasteiger partial charge in [0.05, 0.1) is 34.3 Å². The van der Waals surface area contributed by atoms with Crippen molar-refractivity contribution in [1.29, 1.82) is 0 Å². The Hall–Kier alpha value is -0.630. The number of hydrogen-bond donors (Lipinski definition) is 1. The number of hydroxylamine groups is 2. The van der Waals surface area contributed by atoms with E-state index in [0.29, 0.717) is 28.6 Å². The molecule has 1 aliphatic rings. The molecule has 5 nitrogen and oxygen atoms in total. The Morgan fingerprint density at radius 3 is 2.64 bits per heavy atom. The summed E-state index contributed by atoms with van der Waals surface area (Å²) in [4.78, 5) is 0.248. The van der Waals surface area contributed by atoms with E-state index in [2.05, 4.69) is 15.9 Å². The number of hydrogen-bond acceptors (Lipinski definition) is 5. The lowest BCUT2D eigenvalue weighted by Crippen LogP contribution is -2.49. The molecule has 0 amide bonds. The molecule has 0 fully saturated rings. The first kappa shape index (κ1) is 17.7. The van der Waals surface area contributed by atoms with Crippen molar-refractivity contribution in [3.05, 3.63) is 22.2 Å². The molecule has 124 valence electrons. The highest BCUT2D eigenvalue weighted by atomic mass is 79.9. The molecule has 0 spiro atoms. The summed E-state index contributed by atoms with van der Waals surface area (Å²) < 4.78 is 31.6. The number of fused-ring (bicyclic) bond motifs is 1. The predicted octanol–water partition coefficient (Wildman–Crippen LogP) is 3.39. The number of benzene rings is 1. The molecule has 2 rings (SSSR count). The first-order valence-electron chi connectivity index (χ1n) is 7.35. The molecule has 0 radical (unpaired) electrons. The van der Waals surface area contributed by atoms with Gasteiger partial charge in [-0.2, -0.15) is 5.06 Å². The summed E-state index contributed by atoms with van der Waals surface area (Å²) in [7, 11) is -2.00. The number of halogens is 1. The summed E-state index contributed by atoms with van der Waals surface area (Å²) in [6.07, 6.45) is 2.01. The Labute approximate surface area is 140 Å². The van der Waals surface area contributed by atoms with Gasteiger partial charge >= 0.3 is 0 Å². The maximum Gasteiger partial charge on any atom is 0.180 e. The summed E-state index contributed by atoms with van der Waals surface area (Å²) in [6, 6.07) is 3.26. The Kier molecular flexibility index (Phi) is 5.21. The van der Waals surface area contributed by atoms with E-state index in [-0.39, 0.29) is 17.2 Å². The fourth-order valence-electron chi connectivity index (χ4n) is 3.11. The fraction of sp³-hybridized carbons (Fsp3) is 0.600. The summed E-state index contributed by atoms with van der Waals surface area (Å²) in [5, 5.41) is 11.8. The van der Waals surface area contributed by atoms with E-state index in [0.717, 1.165) is 6.42 Å². The molecular formula is C15H22BrNO4S. The van der Waals surface area contributed by atoms with Crippen LogP contribution in [0.1, 0.15) is 38.7 Å². The number of methoxy groups -OCH3 is 1. The highest BCUT2D eigenvalue weighted by molar-refractivity contribution is 9.10. The van der Waals surface area contributed by atoms with Gasteiger partial charge in [-0.1, -0.05) is 20.3 Å². The summed E-state index contributed by atoms with van der Waals surface area (Å²) in [6.45, 7) is 4.10. The summed E-state index contributed by atoms with van der Waals surface area (Å²) >= 11 is 3.37. The normalized spacial score (nSPS) is 24.6. The Bertz CT molecular complexity index is 662. The van der Waals surface area contributed by atoms with E-state index in [1.54, 1.807) is 12.1 Å². The van der Waals surface area contributed by atoms with Crippen LogP contribution in [-0.4, -0.2) is 37.1 Å². The van der Waals surface area contributed by atoms with E-state index in [4.69, 9.17) is 4.74 Å². The fourth-order valence-corrected chi connectivity index (χ4v) is 5.83. The van der Waals surface area contributed by atoms with Crippen LogP contribution in [0.25, 0.3) is 0 Å². The van der Waals surface area contributed by atoms with Crippen LogP contribution in [0, 0.1) is 0 Å². The monoisotopic (exact) mass is 391 g/mol. The van der Waals surface area contributed by atoms with Crippen molar-refractivity contribution in [2.75, 3.05) is 12.9 Å². The number of ether oxygens (including phenoxy) is 1.